The average Bonchev–Trinajstić information content (AvgIpc) is 2.58. The van der Waals surface area contributed by atoms with Gasteiger partial charge in [0.2, 0.25) is 0 Å². The molecular formula is C20H19O3PS. The lowest BCUT2D eigenvalue weighted by atomic mass is 10.2. The molecule has 5 heteroatoms. The Morgan fingerprint density at radius 2 is 1.08 bits per heavy atom. The maximum Gasteiger partial charge on any atom is 0.295 e. The van der Waals surface area contributed by atoms with E-state index in [1.165, 1.54) is 6.07 Å². The summed E-state index contributed by atoms with van der Waals surface area (Å²) in [6.07, 6.45) is 0. The maximum absolute atomic E-state index is 12.0. The van der Waals surface area contributed by atoms with Crippen LogP contribution < -0.4 is 15.9 Å². The summed E-state index contributed by atoms with van der Waals surface area (Å²) >= 11 is 0. The number of hydrogen-bond acceptors (Lipinski definition) is 2. The van der Waals surface area contributed by atoms with Crippen molar-refractivity contribution in [2.45, 2.75) is 18.7 Å². The molecule has 1 N–H and O–H groups in total. The number of benzene rings is 3. The summed E-state index contributed by atoms with van der Waals surface area (Å²) in [5.41, 5.74) is 2.20. The fourth-order valence-electron chi connectivity index (χ4n) is 2.88. The second-order valence-electron chi connectivity index (χ2n) is 5.85. The van der Waals surface area contributed by atoms with Crippen molar-refractivity contribution in [3.63, 3.8) is 0 Å². The van der Waals surface area contributed by atoms with Crippen LogP contribution in [0.2, 0.25) is 0 Å². The van der Waals surface area contributed by atoms with Crippen LogP contribution in [-0.4, -0.2) is 13.0 Å². The molecule has 0 aliphatic heterocycles. The lowest BCUT2D eigenvalue weighted by Crippen LogP contribution is -2.27. The van der Waals surface area contributed by atoms with Crippen molar-refractivity contribution in [1.82, 2.24) is 0 Å². The van der Waals surface area contributed by atoms with Gasteiger partial charge in [-0.3, -0.25) is 4.55 Å². The number of aryl methyl sites for hydroxylation is 2. The van der Waals surface area contributed by atoms with E-state index in [-0.39, 0.29) is 4.90 Å². The molecule has 0 saturated carbocycles. The van der Waals surface area contributed by atoms with E-state index < -0.39 is 18.0 Å². The second-order valence-corrected chi connectivity index (χ2v) is 9.36. The van der Waals surface area contributed by atoms with Crippen LogP contribution in [0.1, 0.15) is 11.1 Å². The third-order valence-electron chi connectivity index (χ3n) is 4.10. The van der Waals surface area contributed by atoms with E-state index >= 15 is 0 Å². The molecule has 3 nitrogen and oxygen atoms in total. The van der Waals surface area contributed by atoms with Crippen LogP contribution in [0.3, 0.4) is 0 Å². The smallest absolute Gasteiger partial charge is 0.282 e. The first-order valence-corrected chi connectivity index (χ1v) is 10.7. The minimum Gasteiger partial charge on any atom is -0.282 e. The Kier molecular flexibility index (Phi) is 5.05. The van der Waals surface area contributed by atoms with Crippen molar-refractivity contribution >= 4 is 34.0 Å². The van der Waals surface area contributed by atoms with E-state index in [1.54, 1.807) is 12.1 Å². The van der Waals surface area contributed by atoms with Gasteiger partial charge in [-0.1, -0.05) is 66.7 Å². The van der Waals surface area contributed by atoms with E-state index in [2.05, 4.69) is 0 Å². The summed E-state index contributed by atoms with van der Waals surface area (Å²) in [5.74, 6) is 0. The molecule has 0 radical (unpaired) electrons. The van der Waals surface area contributed by atoms with Gasteiger partial charge in [0.15, 0.2) is 0 Å². The van der Waals surface area contributed by atoms with Crippen molar-refractivity contribution in [1.29, 1.82) is 0 Å². The molecule has 3 aromatic carbocycles. The van der Waals surface area contributed by atoms with Gasteiger partial charge in [0.25, 0.3) is 10.1 Å². The van der Waals surface area contributed by atoms with Gasteiger partial charge in [-0.25, -0.2) is 0 Å². The zero-order chi connectivity index (χ0) is 18.0. The molecule has 0 saturated heterocycles. The number of hydrogen-bond donors (Lipinski definition) is 1. The molecular weight excluding hydrogens is 351 g/mol. The van der Waals surface area contributed by atoms with Crippen molar-refractivity contribution in [3.05, 3.63) is 83.9 Å². The largest absolute Gasteiger partial charge is 0.295 e. The summed E-state index contributed by atoms with van der Waals surface area (Å²) in [4.78, 5) is -0.0207. The molecule has 0 aliphatic rings. The van der Waals surface area contributed by atoms with Gasteiger partial charge in [-0.15, -0.1) is 0 Å². The first-order valence-electron chi connectivity index (χ1n) is 7.87. The molecule has 0 spiro atoms. The monoisotopic (exact) mass is 370 g/mol. The molecule has 0 fully saturated rings. The minimum absolute atomic E-state index is 0.0207. The van der Waals surface area contributed by atoms with Crippen LogP contribution >= 0.6 is 7.92 Å². The van der Waals surface area contributed by atoms with E-state index in [0.717, 1.165) is 21.7 Å². The third kappa shape index (κ3) is 3.67. The fourth-order valence-corrected chi connectivity index (χ4v) is 6.71. The Morgan fingerprint density at radius 1 is 0.680 bits per heavy atom. The Bertz CT molecular complexity index is 967. The van der Waals surface area contributed by atoms with Gasteiger partial charge in [0, 0.05) is 5.30 Å². The Morgan fingerprint density at radius 3 is 1.52 bits per heavy atom. The van der Waals surface area contributed by atoms with Crippen molar-refractivity contribution < 1.29 is 13.0 Å². The van der Waals surface area contributed by atoms with Gasteiger partial charge in [0.1, 0.15) is 4.90 Å². The molecule has 128 valence electrons. The normalized spacial score (nSPS) is 11.7. The standard InChI is InChI=1S/C20H19O3PS/c1-15-9-3-5-11-17(15)24(18-12-6-4-10-16(18)2)19-13-7-8-14-20(19)25(21,22)23/h3-14H,1-2H3,(H,21,22,23). The van der Waals surface area contributed by atoms with Gasteiger partial charge >= 0.3 is 0 Å². The Hall–Kier alpha value is -2.00. The summed E-state index contributed by atoms with van der Waals surface area (Å²) in [7, 11) is -5.42. The van der Waals surface area contributed by atoms with Gasteiger partial charge < -0.3 is 0 Å². The van der Waals surface area contributed by atoms with Crippen molar-refractivity contribution in [2.75, 3.05) is 0 Å². The van der Waals surface area contributed by atoms with Gasteiger partial charge in [-0.2, -0.15) is 8.42 Å². The summed E-state index contributed by atoms with van der Waals surface area (Å²) < 4.78 is 33.6. The molecule has 0 amide bonds. The van der Waals surface area contributed by atoms with E-state index in [0.29, 0.717) is 5.30 Å². The average molecular weight is 370 g/mol. The first kappa shape index (κ1) is 17.8. The summed E-state index contributed by atoms with van der Waals surface area (Å²) in [6, 6.07) is 22.7. The van der Waals surface area contributed by atoms with Crippen LogP contribution in [0.15, 0.2) is 77.7 Å². The second kappa shape index (κ2) is 7.09. The highest BCUT2D eigenvalue weighted by Crippen LogP contribution is 2.37. The van der Waals surface area contributed by atoms with Crippen molar-refractivity contribution in [2.24, 2.45) is 0 Å². The lowest BCUT2D eigenvalue weighted by Gasteiger charge is -2.24. The molecule has 0 unspecified atom stereocenters. The predicted octanol–water partition coefficient (Wildman–Crippen LogP) is 3.31. The molecule has 3 aromatic rings. The summed E-state index contributed by atoms with van der Waals surface area (Å²) in [6.45, 7) is 4.05. The van der Waals surface area contributed by atoms with Crippen LogP contribution in [0, 0.1) is 13.8 Å². The Labute approximate surface area is 149 Å². The quantitative estimate of drug-likeness (QED) is 0.566. The minimum atomic E-state index is -4.30. The zero-order valence-corrected chi connectivity index (χ0v) is 15.8. The maximum atomic E-state index is 12.0. The van der Waals surface area contributed by atoms with Crippen LogP contribution in [-0.2, 0) is 10.1 Å². The SMILES string of the molecule is Cc1ccccc1P(c1ccccc1C)c1ccccc1S(=O)(=O)O. The zero-order valence-electron chi connectivity index (χ0n) is 14.0. The fraction of sp³-hybridized carbons (Fsp3) is 0.100. The third-order valence-corrected chi connectivity index (χ3v) is 8.00. The topological polar surface area (TPSA) is 54.4 Å². The van der Waals surface area contributed by atoms with Crippen LogP contribution in [0.5, 0.6) is 0 Å². The molecule has 0 bridgehead atoms. The van der Waals surface area contributed by atoms with Crippen molar-refractivity contribution in [3.8, 4) is 0 Å². The molecule has 0 atom stereocenters. The van der Waals surface area contributed by atoms with E-state index in [4.69, 9.17) is 0 Å². The number of rotatable bonds is 4. The lowest BCUT2D eigenvalue weighted by molar-refractivity contribution is 0.484. The van der Waals surface area contributed by atoms with Gasteiger partial charge in [-0.05, 0) is 49.6 Å². The van der Waals surface area contributed by atoms with Crippen LogP contribution in [0.25, 0.3) is 0 Å². The highest BCUT2D eigenvalue weighted by Gasteiger charge is 2.26. The molecule has 0 aliphatic carbocycles. The molecule has 0 aromatic heterocycles. The van der Waals surface area contributed by atoms with E-state index in [9.17, 15) is 13.0 Å². The highest BCUT2D eigenvalue weighted by molar-refractivity contribution is 7.88. The Balaban J connectivity index is 2.35. The predicted molar refractivity (Wildman–Crippen MR) is 104 cm³/mol. The summed E-state index contributed by atoms with van der Waals surface area (Å²) in [5, 5.41) is 2.81. The first-order chi connectivity index (χ1) is 11.9. The highest BCUT2D eigenvalue weighted by atomic mass is 32.2. The van der Waals surface area contributed by atoms with Gasteiger partial charge in [0.05, 0.1) is 0 Å². The molecule has 3 rings (SSSR count). The molecule has 0 heterocycles. The van der Waals surface area contributed by atoms with Crippen LogP contribution in [0.4, 0.5) is 0 Å². The van der Waals surface area contributed by atoms with E-state index in [1.807, 2.05) is 68.4 Å². The molecule has 25 heavy (non-hydrogen) atoms.